The first-order valence-corrected chi connectivity index (χ1v) is 9.93. The van der Waals surface area contributed by atoms with Crippen LogP contribution >= 0.6 is 24.8 Å². The second-order valence-electron chi connectivity index (χ2n) is 8.31. The molecule has 2 N–H and O–H groups in total. The number of likely N-dealkylation sites (tertiary alicyclic amines) is 2. The lowest BCUT2D eigenvalue weighted by atomic mass is 9.72. The zero-order valence-electron chi connectivity index (χ0n) is 17.4. The quantitative estimate of drug-likeness (QED) is 0.756. The Morgan fingerprint density at radius 3 is 2.28 bits per heavy atom. The Morgan fingerprint density at radius 2 is 1.72 bits per heavy atom. The number of hydrogen-bond acceptors (Lipinski definition) is 4. The highest BCUT2D eigenvalue weighted by Crippen LogP contribution is 2.40. The summed E-state index contributed by atoms with van der Waals surface area (Å²) in [5.74, 6) is 0.380. The van der Waals surface area contributed by atoms with Gasteiger partial charge in [-0.1, -0.05) is 12.1 Å². The van der Waals surface area contributed by atoms with E-state index in [4.69, 9.17) is 5.73 Å². The first kappa shape index (κ1) is 25.7. The number of piperidine rings is 2. The number of carbonyl (C=O) groups excluding carboxylic acids is 2. The third-order valence-electron chi connectivity index (χ3n) is 6.11. The van der Waals surface area contributed by atoms with E-state index in [0.29, 0.717) is 13.0 Å². The summed E-state index contributed by atoms with van der Waals surface area (Å²) in [5.41, 5.74) is 7.58. The van der Waals surface area contributed by atoms with Gasteiger partial charge in [-0.3, -0.25) is 9.59 Å². The summed E-state index contributed by atoms with van der Waals surface area (Å²) in [5, 5.41) is 0. The molecule has 0 radical (unpaired) electrons. The number of likely N-dealkylation sites (N-methyl/N-ethyl adjacent to an activating group) is 1. The van der Waals surface area contributed by atoms with Crippen LogP contribution in [0.25, 0.3) is 0 Å². The smallest absolute Gasteiger partial charge is 0.253 e. The summed E-state index contributed by atoms with van der Waals surface area (Å²) >= 11 is 0. The van der Waals surface area contributed by atoms with Gasteiger partial charge in [0, 0.05) is 51.3 Å². The molecular formula is C21H34Cl2N4O2. The van der Waals surface area contributed by atoms with Gasteiger partial charge in [0.05, 0.1) is 0 Å². The lowest BCUT2D eigenvalue weighted by Gasteiger charge is -2.47. The van der Waals surface area contributed by atoms with Crippen molar-refractivity contribution in [2.45, 2.75) is 32.2 Å². The molecule has 1 aromatic carbocycles. The highest BCUT2D eigenvalue weighted by Gasteiger charge is 2.41. The molecule has 0 aromatic heterocycles. The molecule has 164 valence electrons. The molecule has 3 rings (SSSR count). The van der Waals surface area contributed by atoms with Gasteiger partial charge < -0.3 is 20.4 Å². The number of nitrogens with two attached hydrogens (primary N) is 1. The zero-order valence-corrected chi connectivity index (χ0v) is 19.1. The van der Waals surface area contributed by atoms with Crippen LogP contribution in [0, 0.1) is 5.41 Å². The van der Waals surface area contributed by atoms with Crippen molar-refractivity contribution in [3.05, 3.63) is 35.4 Å². The summed E-state index contributed by atoms with van der Waals surface area (Å²) in [7, 11) is 4.07. The molecule has 0 saturated carbocycles. The monoisotopic (exact) mass is 444 g/mol. The minimum atomic E-state index is 0. The van der Waals surface area contributed by atoms with Gasteiger partial charge in [-0.2, -0.15) is 0 Å². The summed E-state index contributed by atoms with van der Waals surface area (Å²) < 4.78 is 0. The predicted octanol–water partition coefficient (Wildman–Crippen LogP) is 2.40. The van der Waals surface area contributed by atoms with Crippen LogP contribution in [-0.2, 0) is 11.3 Å². The van der Waals surface area contributed by atoms with Crippen molar-refractivity contribution in [3.8, 4) is 0 Å². The van der Waals surface area contributed by atoms with Gasteiger partial charge in [0.15, 0.2) is 0 Å². The lowest BCUT2D eigenvalue weighted by Crippen LogP contribution is -2.53. The van der Waals surface area contributed by atoms with Crippen LogP contribution in [0.4, 0.5) is 0 Å². The molecule has 2 aliphatic heterocycles. The van der Waals surface area contributed by atoms with E-state index in [-0.39, 0.29) is 42.0 Å². The van der Waals surface area contributed by atoms with Gasteiger partial charge in [0.1, 0.15) is 0 Å². The number of amides is 2. The maximum atomic E-state index is 12.8. The average Bonchev–Trinajstić information content (AvgIpc) is 2.69. The number of hydrogen-bond donors (Lipinski definition) is 1. The van der Waals surface area contributed by atoms with Crippen molar-refractivity contribution in [2.75, 3.05) is 46.8 Å². The first-order valence-electron chi connectivity index (χ1n) is 9.93. The van der Waals surface area contributed by atoms with Crippen LogP contribution in [0.3, 0.4) is 0 Å². The summed E-state index contributed by atoms with van der Waals surface area (Å²) in [6, 6.07) is 7.59. The molecule has 29 heavy (non-hydrogen) atoms. The number of carbonyl (C=O) groups is 2. The van der Waals surface area contributed by atoms with Gasteiger partial charge in [-0.25, -0.2) is 0 Å². The number of rotatable bonds is 5. The molecule has 0 atom stereocenters. The summed E-state index contributed by atoms with van der Waals surface area (Å²) in [6.07, 6.45) is 3.55. The van der Waals surface area contributed by atoms with Crippen molar-refractivity contribution >= 4 is 36.6 Å². The molecule has 8 heteroatoms. The minimum Gasteiger partial charge on any atom is -0.341 e. The first-order chi connectivity index (χ1) is 12.9. The maximum Gasteiger partial charge on any atom is 0.253 e. The highest BCUT2D eigenvalue weighted by atomic mass is 35.5. The van der Waals surface area contributed by atoms with E-state index in [2.05, 4.69) is 4.90 Å². The fraction of sp³-hybridized carbons (Fsp3) is 0.619. The van der Waals surface area contributed by atoms with E-state index >= 15 is 0 Å². The zero-order chi connectivity index (χ0) is 19.4. The Bertz CT molecular complexity index is 674. The van der Waals surface area contributed by atoms with Crippen LogP contribution in [0.15, 0.2) is 24.3 Å². The fourth-order valence-electron chi connectivity index (χ4n) is 4.19. The number of benzene rings is 1. The largest absolute Gasteiger partial charge is 0.341 e. The van der Waals surface area contributed by atoms with Crippen LogP contribution in [0.1, 0.15) is 41.6 Å². The van der Waals surface area contributed by atoms with E-state index in [1.54, 1.807) is 0 Å². The SMILES string of the molecule is CN(C)CCN1CC2(CCC1=O)CCN(C(=O)c1ccc(CN)cc1)CC2.Cl.Cl. The maximum absolute atomic E-state index is 12.8. The molecule has 0 aliphatic carbocycles. The normalized spacial score (nSPS) is 18.4. The Balaban J connectivity index is 0.00000210. The predicted molar refractivity (Wildman–Crippen MR) is 121 cm³/mol. The van der Waals surface area contributed by atoms with Crippen molar-refractivity contribution in [2.24, 2.45) is 11.1 Å². The average molecular weight is 445 g/mol. The van der Waals surface area contributed by atoms with Gasteiger partial charge in [0.2, 0.25) is 5.91 Å². The van der Waals surface area contributed by atoms with Crippen LogP contribution in [0.5, 0.6) is 0 Å². The van der Waals surface area contributed by atoms with E-state index < -0.39 is 0 Å². The second-order valence-corrected chi connectivity index (χ2v) is 8.31. The Hall–Kier alpha value is -1.34. The molecule has 2 saturated heterocycles. The third-order valence-corrected chi connectivity index (χ3v) is 6.11. The fourth-order valence-corrected chi connectivity index (χ4v) is 4.19. The number of halogens is 2. The molecule has 0 bridgehead atoms. The van der Waals surface area contributed by atoms with Gasteiger partial charge in [-0.05, 0) is 56.5 Å². The van der Waals surface area contributed by atoms with Crippen LogP contribution < -0.4 is 5.73 Å². The third kappa shape index (κ3) is 6.32. The standard InChI is InChI=1S/C21H32N4O2.2ClH/c1-23(2)13-14-25-16-21(8-7-19(25)26)9-11-24(12-10-21)20(27)18-5-3-17(15-22)4-6-18;;/h3-6H,7-16,22H2,1-2H3;2*1H. The van der Waals surface area contributed by atoms with Crippen molar-refractivity contribution in [1.29, 1.82) is 0 Å². The molecule has 1 spiro atoms. The molecule has 0 unspecified atom stereocenters. The van der Waals surface area contributed by atoms with Crippen LogP contribution in [0.2, 0.25) is 0 Å². The Morgan fingerprint density at radius 1 is 1.10 bits per heavy atom. The molecule has 2 amide bonds. The molecule has 1 aromatic rings. The summed E-state index contributed by atoms with van der Waals surface area (Å²) in [4.78, 5) is 31.2. The van der Waals surface area contributed by atoms with Crippen LogP contribution in [-0.4, -0.2) is 73.3 Å². The second kappa shape index (κ2) is 11.2. The van der Waals surface area contributed by atoms with Gasteiger partial charge in [-0.15, -0.1) is 24.8 Å². The molecule has 6 nitrogen and oxygen atoms in total. The molecule has 2 heterocycles. The molecule has 2 aliphatic rings. The molecule has 2 fully saturated rings. The van der Waals surface area contributed by atoms with Crippen molar-refractivity contribution in [1.82, 2.24) is 14.7 Å². The minimum absolute atomic E-state index is 0. The Kier molecular flexibility index (Phi) is 9.89. The number of nitrogens with zero attached hydrogens (tertiary/aromatic N) is 3. The van der Waals surface area contributed by atoms with Gasteiger partial charge >= 0.3 is 0 Å². The highest BCUT2D eigenvalue weighted by molar-refractivity contribution is 5.94. The van der Waals surface area contributed by atoms with Crippen molar-refractivity contribution in [3.63, 3.8) is 0 Å². The molecular weight excluding hydrogens is 411 g/mol. The van der Waals surface area contributed by atoms with E-state index in [9.17, 15) is 9.59 Å². The van der Waals surface area contributed by atoms with E-state index in [0.717, 1.165) is 63.1 Å². The Labute approximate surface area is 186 Å². The van der Waals surface area contributed by atoms with Gasteiger partial charge in [0.25, 0.3) is 5.91 Å². The summed E-state index contributed by atoms with van der Waals surface area (Å²) in [6.45, 7) is 4.56. The van der Waals surface area contributed by atoms with Crippen molar-refractivity contribution < 1.29 is 9.59 Å². The lowest BCUT2D eigenvalue weighted by molar-refractivity contribution is -0.139. The van der Waals surface area contributed by atoms with E-state index in [1.165, 1.54) is 0 Å². The van der Waals surface area contributed by atoms with E-state index in [1.807, 2.05) is 48.2 Å². The topological polar surface area (TPSA) is 69.9 Å².